The molecule has 0 saturated heterocycles. The Morgan fingerprint density at radius 3 is 2.42 bits per heavy atom. The highest BCUT2D eigenvalue weighted by Gasteiger charge is 2.17. The van der Waals surface area contributed by atoms with E-state index in [9.17, 15) is 9.90 Å². The van der Waals surface area contributed by atoms with Gasteiger partial charge in [-0.05, 0) is 52.3 Å². The van der Waals surface area contributed by atoms with Crippen molar-refractivity contribution in [3.63, 3.8) is 0 Å². The van der Waals surface area contributed by atoms with Gasteiger partial charge < -0.3 is 9.84 Å². The Morgan fingerprint density at radius 1 is 1.26 bits per heavy atom. The van der Waals surface area contributed by atoms with Gasteiger partial charge in [-0.25, -0.2) is 4.79 Å². The van der Waals surface area contributed by atoms with Crippen LogP contribution in [-0.4, -0.2) is 22.4 Å². The maximum atomic E-state index is 11.6. The summed E-state index contributed by atoms with van der Waals surface area (Å²) in [7, 11) is 0. The van der Waals surface area contributed by atoms with Gasteiger partial charge >= 0.3 is 6.09 Å². The van der Waals surface area contributed by atoms with Gasteiger partial charge in [-0.3, -0.25) is 5.32 Å². The number of hydrogen-bond acceptors (Lipinski definition) is 3. The van der Waals surface area contributed by atoms with E-state index in [1.807, 2.05) is 39.0 Å². The zero-order valence-corrected chi connectivity index (χ0v) is 12.3. The minimum Gasteiger partial charge on any atom is -0.444 e. The quantitative estimate of drug-likeness (QED) is 0.881. The van der Waals surface area contributed by atoms with E-state index in [1.165, 1.54) is 0 Å². The molecule has 0 radical (unpaired) electrons. The lowest BCUT2D eigenvalue weighted by Gasteiger charge is -2.20. The van der Waals surface area contributed by atoms with Crippen LogP contribution in [0.1, 0.15) is 40.2 Å². The fourth-order valence-electron chi connectivity index (χ4n) is 1.68. The van der Waals surface area contributed by atoms with Crippen molar-refractivity contribution in [1.82, 2.24) is 0 Å². The Labute approximate surface area is 114 Å². The number of nitrogens with one attached hydrogen (secondary N) is 1. The number of aliphatic hydroxyl groups is 1. The largest absolute Gasteiger partial charge is 0.444 e. The van der Waals surface area contributed by atoms with Gasteiger partial charge in [-0.15, -0.1) is 0 Å². The molecule has 106 valence electrons. The van der Waals surface area contributed by atoms with Crippen LogP contribution in [0.4, 0.5) is 10.5 Å². The Kier molecular flexibility index (Phi) is 4.58. The summed E-state index contributed by atoms with van der Waals surface area (Å²) in [6, 6.07) is 7.38. The first kappa shape index (κ1) is 15.5. The molecule has 1 aromatic carbocycles. The van der Waals surface area contributed by atoms with Crippen molar-refractivity contribution in [2.45, 2.75) is 52.2 Å². The minimum atomic E-state index is -0.773. The Balaban J connectivity index is 2.70. The van der Waals surface area contributed by atoms with Gasteiger partial charge in [0, 0.05) is 12.1 Å². The van der Waals surface area contributed by atoms with Crippen molar-refractivity contribution in [1.29, 1.82) is 0 Å². The van der Waals surface area contributed by atoms with Gasteiger partial charge in [0.05, 0.1) is 5.60 Å². The lowest BCUT2D eigenvalue weighted by molar-refractivity contribution is 0.0636. The number of carbonyl (C=O) groups excluding carboxylic acids is 1. The van der Waals surface area contributed by atoms with Crippen molar-refractivity contribution in [2.24, 2.45) is 0 Å². The summed E-state index contributed by atoms with van der Waals surface area (Å²) in [6.07, 6.45) is 0.0459. The molecule has 0 aliphatic carbocycles. The number of carbonyl (C=O) groups is 1. The summed E-state index contributed by atoms with van der Waals surface area (Å²) in [5, 5.41) is 12.5. The summed E-state index contributed by atoms with van der Waals surface area (Å²) in [6.45, 7) is 8.95. The zero-order valence-electron chi connectivity index (χ0n) is 12.3. The number of rotatable bonds is 3. The van der Waals surface area contributed by atoms with Crippen molar-refractivity contribution in [3.8, 4) is 0 Å². The molecule has 0 aliphatic rings. The molecule has 0 saturated carbocycles. The van der Waals surface area contributed by atoms with Gasteiger partial charge in [-0.1, -0.05) is 12.1 Å². The highest BCUT2D eigenvalue weighted by Crippen LogP contribution is 2.17. The SMILES string of the molecule is CC(C)(O)Cc1cccc(NC(=O)OC(C)(C)C)c1. The van der Waals surface area contributed by atoms with Gasteiger partial charge in [0.15, 0.2) is 0 Å². The normalized spacial score (nSPS) is 12.1. The van der Waals surface area contributed by atoms with Crippen LogP contribution in [0.2, 0.25) is 0 Å². The third-order valence-electron chi connectivity index (χ3n) is 2.21. The molecule has 19 heavy (non-hydrogen) atoms. The molecule has 0 spiro atoms. The molecule has 1 amide bonds. The molecule has 0 atom stereocenters. The first-order valence-electron chi connectivity index (χ1n) is 6.36. The topological polar surface area (TPSA) is 58.6 Å². The number of ether oxygens (including phenoxy) is 1. The van der Waals surface area contributed by atoms with Crippen molar-refractivity contribution >= 4 is 11.8 Å². The van der Waals surface area contributed by atoms with E-state index in [0.29, 0.717) is 12.1 Å². The third-order valence-corrected chi connectivity index (χ3v) is 2.21. The fraction of sp³-hybridized carbons (Fsp3) is 0.533. The number of benzene rings is 1. The summed E-state index contributed by atoms with van der Waals surface area (Å²) in [5.41, 5.74) is 0.330. The van der Waals surface area contributed by atoms with Crippen LogP contribution in [-0.2, 0) is 11.2 Å². The van der Waals surface area contributed by atoms with Crippen molar-refractivity contribution in [2.75, 3.05) is 5.32 Å². The standard InChI is InChI=1S/C15H23NO3/c1-14(2,3)19-13(17)16-12-8-6-7-11(9-12)10-15(4,5)18/h6-9,18H,10H2,1-5H3,(H,16,17). The molecule has 0 aliphatic heterocycles. The highest BCUT2D eigenvalue weighted by atomic mass is 16.6. The average molecular weight is 265 g/mol. The Morgan fingerprint density at radius 2 is 1.89 bits per heavy atom. The molecule has 2 N–H and O–H groups in total. The molecular weight excluding hydrogens is 242 g/mol. The van der Waals surface area contributed by atoms with Gasteiger partial charge in [0.25, 0.3) is 0 Å². The average Bonchev–Trinajstić information content (AvgIpc) is 2.11. The lowest BCUT2D eigenvalue weighted by atomic mass is 9.98. The van der Waals surface area contributed by atoms with Gasteiger partial charge in [0.1, 0.15) is 5.60 Å². The second-order valence-corrected chi connectivity index (χ2v) is 6.32. The number of hydrogen-bond donors (Lipinski definition) is 2. The zero-order chi connectivity index (χ0) is 14.7. The third kappa shape index (κ3) is 6.82. The second-order valence-electron chi connectivity index (χ2n) is 6.32. The predicted octanol–water partition coefficient (Wildman–Crippen LogP) is 3.35. The van der Waals surface area contributed by atoms with Gasteiger partial charge in [0.2, 0.25) is 0 Å². The van der Waals surface area contributed by atoms with Gasteiger partial charge in [-0.2, -0.15) is 0 Å². The predicted molar refractivity (Wildman–Crippen MR) is 76.3 cm³/mol. The van der Waals surface area contributed by atoms with Crippen LogP contribution in [0.3, 0.4) is 0 Å². The van der Waals surface area contributed by atoms with E-state index in [1.54, 1.807) is 19.9 Å². The van der Waals surface area contributed by atoms with E-state index in [-0.39, 0.29) is 0 Å². The highest BCUT2D eigenvalue weighted by molar-refractivity contribution is 5.84. The first-order chi connectivity index (χ1) is 8.55. The first-order valence-corrected chi connectivity index (χ1v) is 6.36. The molecule has 4 heteroatoms. The molecule has 1 rings (SSSR count). The molecular formula is C15H23NO3. The van der Waals surface area contributed by atoms with E-state index < -0.39 is 17.3 Å². The van der Waals surface area contributed by atoms with E-state index in [4.69, 9.17) is 4.74 Å². The van der Waals surface area contributed by atoms with E-state index in [0.717, 1.165) is 5.56 Å². The number of anilines is 1. The smallest absolute Gasteiger partial charge is 0.412 e. The maximum Gasteiger partial charge on any atom is 0.412 e. The molecule has 0 bridgehead atoms. The molecule has 0 aromatic heterocycles. The van der Waals surface area contributed by atoms with E-state index in [2.05, 4.69) is 5.32 Å². The van der Waals surface area contributed by atoms with Crippen LogP contribution in [0.25, 0.3) is 0 Å². The van der Waals surface area contributed by atoms with Crippen molar-refractivity contribution in [3.05, 3.63) is 29.8 Å². The van der Waals surface area contributed by atoms with Crippen molar-refractivity contribution < 1.29 is 14.6 Å². The van der Waals surface area contributed by atoms with Crippen LogP contribution in [0, 0.1) is 0 Å². The minimum absolute atomic E-state index is 0.479. The monoisotopic (exact) mass is 265 g/mol. The second kappa shape index (κ2) is 5.61. The Hall–Kier alpha value is -1.55. The summed E-state index contributed by atoms with van der Waals surface area (Å²) in [5.74, 6) is 0. The fourth-order valence-corrected chi connectivity index (χ4v) is 1.68. The van der Waals surface area contributed by atoms with Crippen LogP contribution < -0.4 is 5.32 Å². The van der Waals surface area contributed by atoms with E-state index >= 15 is 0 Å². The van der Waals surface area contributed by atoms with Crippen LogP contribution in [0.15, 0.2) is 24.3 Å². The van der Waals surface area contributed by atoms with Crippen LogP contribution >= 0.6 is 0 Å². The molecule has 0 heterocycles. The molecule has 0 unspecified atom stereocenters. The Bertz CT molecular complexity index is 441. The lowest BCUT2D eigenvalue weighted by Crippen LogP contribution is -2.27. The number of amides is 1. The summed E-state index contributed by atoms with van der Waals surface area (Å²) < 4.78 is 5.18. The molecule has 0 fully saturated rings. The summed E-state index contributed by atoms with van der Waals surface area (Å²) in [4.78, 5) is 11.6. The van der Waals surface area contributed by atoms with Crippen LogP contribution in [0.5, 0.6) is 0 Å². The summed E-state index contributed by atoms with van der Waals surface area (Å²) >= 11 is 0. The maximum absolute atomic E-state index is 11.6. The molecule has 4 nitrogen and oxygen atoms in total. The molecule has 1 aromatic rings.